The number of aryl methyl sites for hydroxylation is 1. The second-order valence-corrected chi connectivity index (χ2v) is 12.9. The summed E-state index contributed by atoms with van der Waals surface area (Å²) in [6, 6.07) is 18.5. The Kier molecular flexibility index (Phi) is 10.2. The molecule has 4 N–H and O–H groups in total. The fraction of sp³-hybridized carbons (Fsp3) is 0.361. The molecule has 0 spiro atoms. The minimum Gasteiger partial charge on any atom is -0.481 e. The molecular formula is C36H39Cl2N5O3. The molecule has 0 radical (unpaired) electrons. The Morgan fingerprint density at radius 2 is 1.87 bits per heavy atom. The maximum atomic E-state index is 11.5. The first kappa shape index (κ1) is 32.4. The summed E-state index contributed by atoms with van der Waals surface area (Å²) in [4.78, 5) is 21.0. The van der Waals surface area contributed by atoms with Crippen LogP contribution in [0.4, 0.5) is 0 Å². The number of aromatic nitrogens is 2. The number of ether oxygens (including phenoxy) is 1. The summed E-state index contributed by atoms with van der Waals surface area (Å²) in [5, 5.41) is 20.7. The SMILES string of the molecule is COc1nc(-c2cccc(-c3ccnc(-c4ccc5c(c4)CCCC5NCC(C)O)c3Cl)c2Cl)ccc1CNC[C@H]1CCC(=O)N1. The van der Waals surface area contributed by atoms with Gasteiger partial charge in [-0.05, 0) is 61.9 Å². The van der Waals surface area contributed by atoms with E-state index in [-0.39, 0.29) is 24.1 Å². The second kappa shape index (κ2) is 14.5. The Morgan fingerprint density at radius 3 is 2.65 bits per heavy atom. The highest BCUT2D eigenvalue weighted by atomic mass is 35.5. The molecule has 3 heterocycles. The molecule has 1 fully saturated rings. The molecule has 8 nitrogen and oxygen atoms in total. The summed E-state index contributed by atoms with van der Waals surface area (Å²) in [7, 11) is 1.61. The lowest BCUT2D eigenvalue weighted by molar-refractivity contribution is -0.119. The second-order valence-electron chi connectivity index (χ2n) is 12.1. The van der Waals surface area contributed by atoms with E-state index in [1.165, 1.54) is 11.1 Å². The van der Waals surface area contributed by atoms with Crippen molar-refractivity contribution < 1.29 is 14.6 Å². The number of fused-ring (bicyclic) bond motifs is 1. The Hall–Kier alpha value is -3.53. The van der Waals surface area contributed by atoms with Crippen LogP contribution in [0.25, 0.3) is 33.6 Å². The summed E-state index contributed by atoms with van der Waals surface area (Å²) in [6.07, 6.45) is 5.92. The highest BCUT2D eigenvalue weighted by molar-refractivity contribution is 6.39. The summed E-state index contributed by atoms with van der Waals surface area (Å²) >= 11 is 14.2. The van der Waals surface area contributed by atoms with Crippen LogP contribution in [-0.2, 0) is 17.8 Å². The van der Waals surface area contributed by atoms with Gasteiger partial charge >= 0.3 is 0 Å². The van der Waals surface area contributed by atoms with E-state index < -0.39 is 0 Å². The lowest BCUT2D eigenvalue weighted by atomic mass is 9.86. The molecule has 3 atom stereocenters. The fourth-order valence-corrected chi connectivity index (χ4v) is 7.07. The molecule has 2 aromatic heterocycles. The van der Waals surface area contributed by atoms with Crippen LogP contribution >= 0.6 is 23.2 Å². The van der Waals surface area contributed by atoms with Crippen LogP contribution in [0.5, 0.6) is 5.88 Å². The van der Waals surface area contributed by atoms with Crippen LogP contribution in [0.15, 0.2) is 60.8 Å². The molecule has 6 rings (SSSR count). The maximum absolute atomic E-state index is 11.5. The molecule has 4 aromatic rings. The van der Waals surface area contributed by atoms with Crippen molar-refractivity contribution in [1.29, 1.82) is 0 Å². The number of rotatable bonds is 11. The van der Waals surface area contributed by atoms with Gasteiger partial charge in [-0.1, -0.05) is 59.6 Å². The van der Waals surface area contributed by atoms with Crippen LogP contribution in [0, 0.1) is 0 Å². The highest BCUT2D eigenvalue weighted by Gasteiger charge is 2.23. The van der Waals surface area contributed by atoms with Crippen molar-refractivity contribution >= 4 is 29.1 Å². The Labute approximate surface area is 279 Å². The van der Waals surface area contributed by atoms with E-state index in [0.717, 1.165) is 53.5 Å². The number of benzene rings is 2. The number of carbonyl (C=O) groups is 1. The number of methoxy groups -OCH3 is 1. The largest absolute Gasteiger partial charge is 0.481 e. The summed E-state index contributed by atoms with van der Waals surface area (Å²) in [6.45, 7) is 3.61. The minimum atomic E-state index is -0.390. The van der Waals surface area contributed by atoms with Crippen molar-refractivity contribution in [2.45, 2.75) is 63.8 Å². The smallest absolute Gasteiger partial charge is 0.220 e. The van der Waals surface area contributed by atoms with Crippen molar-refractivity contribution in [3.63, 3.8) is 0 Å². The zero-order chi connectivity index (χ0) is 32.2. The topological polar surface area (TPSA) is 108 Å². The van der Waals surface area contributed by atoms with Gasteiger partial charge < -0.3 is 25.8 Å². The predicted molar refractivity (Wildman–Crippen MR) is 183 cm³/mol. The van der Waals surface area contributed by atoms with Crippen molar-refractivity contribution in [3.8, 4) is 39.5 Å². The van der Waals surface area contributed by atoms with Crippen LogP contribution < -0.4 is 20.7 Å². The van der Waals surface area contributed by atoms with Gasteiger partial charge in [0.2, 0.25) is 11.8 Å². The molecule has 46 heavy (non-hydrogen) atoms. The van der Waals surface area contributed by atoms with E-state index in [2.05, 4.69) is 39.1 Å². The normalized spacial score (nSPS) is 18.2. The number of hydrogen-bond acceptors (Lipinski definition) is 7. The molecule has 2 aromatic carbocycles. The lowest BCUT2D eigenvalue weighted by Crippen LogP contribution is -2.35. The van der Waals surface area contributed by atoms with Gasteiger partial charge in [0.15, 0.2) is 0 Å². The molecule has 10 heteroatoms. The van der Waals surface area contributed by atoms with Gasteiger partial charge in [-0.25, -0.2) is 4.98 Å². The number of carbonyl (C=O) groups excluding carboxylic acids is 1. The number of pyridine rings is 2. The highest BCUT2D eigenvalue weighted by Crippen LogP contribution is 2.42. The van der Waals surface area contributed by atoms with Gasteiger partial charge in [0, 0.05) is 72.2 Å². The van der Waals surface area contributed by atoms with E-state index in [0.29, 0.717) is 53.4 Å². The van der Waals surface area contributed by atoms with E-state index in [1.54, 1.807) is 20.2 Å². The first-order valence-corrected chi connectivity index (χ1v) is 16.6. The summed E-state index contributed by atoms with van der Waals surface area (Å²) in [5.41, 5.74) is 8.16. The quantitative estimate of drug-likeness (QED) is 0.145. The molecule has 2 aliphatic rings. The average Bonchev–Trinajstić information content (AvgIpc) is 3.48. The molecule has 1 saturated heterocycles. The third-order valence-electron chi connectivity index (χ3n) is 8.77. The molecule has 1 aliphatic carbocycles. The monoisotopic (exact) mass is 659 g/mol. The van der Waals surface area contributed by atoms with Crippen LogP contribution in [0.3, 0.4) is 0 Å². The molecular weight excluding hydrogens is 621 g/mol. The van der Waals surface area contributed by atoms with Crippen LogP contribution in [0.1, 0.15) is 55.3 Å². The van der Waals surface area contributed by atoms with Crippen molar-refractivity contribution in [1.82, 2.24) is 25.9 Å². The molecule has 0 bridgehead atoms. The molecule has 0 saturated carbocycles. The fourth-order valence-electron chi connectivity index (χ4n) is 6.42. The maximum Gasteiger partial charge on any atom is 0.220 e. The standard InChI is InChI=1S/C36H39Cl2N5O3/c1-21(44)18-41-30-8-3-5-22-17-23(9-12-26(22)30)35-34(38)28(15-16-40-35)27-6-4-7-29(33(27)37)31-13-10-24(36(43-31)46-2)19-39-20-25-11-14-32(45)42-25/h4,6-7,9-10,12-13,15-17,21,25,30,39,41,44H,3,5,8,11,14,18-20H2,1-2H3,(H,42,45)/t21?,25-,30?/m1/s1. The van der Waals surface area contributed by atoms with Gasteiger partial charge in [0.25, 0.3) is 0 Å². The molecule has 1 amide bonds. The van der Waals surface area contributed by atoms with Crippen molar-refractivity contribution in [3.05, 3.63) is 87.5 Å². The average molecular weight is 661 g/mol. The number of nitrogens with zero attached hydrogens (tertiary/aromatic N) is 2. The van der Waals surface area contributed by atoms with Crippen LogP contribution in [0.2, 0.25) is 10.0 Å². The minimum absolute atomic E-state index is 0.105. The summed E-state index contributed by atoms with van der Waals surface area (Å²) in [5.74, 6) is 0.621. The predicted octanol–water partition coefficient (Wildman–Crippen LogP) is 6.51. The van der Waals surface area contributed by atoms with Gasteiger partial charge in [-0.2, -0.15) is 0 Å². The third kappa shape index (κ3) is 7.06. The van der Waals surface area contributed by atoms with Crippen LogP contribution in [-0.4, -0.2) is 53.3 Å². The zero-order valence-electron chi connectivity index (χ0n) is 26.1. The van der Waals surface area contributed by atoms with Crippen molar-refractivity contribution in [2.75, 3.05) is 20.2 Å². The number of halogens is 2. The first-order chi connectivity index (χ1) is 22.3. The number of hydrogen-bond donors (Lipinski definition) is 4. The Morgan fingerprint density at radius 1 is 1.04 bits per heavy atom. The van der Waals surface area contributed by atoms with Gasteiger partial charge in [-0.3, -0.25) is 9.78 Å². The first-order valence-electron chi connectivity index (χ1n) is 15.8. The van der Waals surface area contributed by atoms with E-state index in [1.807, 2.05) is 36.4 Å². The lowest BCUT2D eigenvalue weighted by Gasteiger charge is -2.27. The van der Waals surface area contributed by atoms with E-state index in [9.17, 15) is 9.90 Å². The number of aliphatic hydroxyl groups excluding tert-OH is 1. The number of nitrogens with one attached hydrogen (secondary N) is 3. The molecule has 240 valence electrons. The summed E-state index contributed by atoms with van der Waals surface area (Å²) < 4.78 is 5.65. The van der Waals surface area contributed by atoms with Gasteiger partial charge in [-0.15, -0.1) is 0 Å². The van der Waals surface area contributed by atoms with Gasteiger partial charge in [0.05, 0.1) is 34.6 Å². The zero-order valence-corrected chi connectivity index (χ0v) is 27.6. The van der Waals surface area contributed by atoms with Gasteiger partial charge in [0.1, 0.15) is 0 Å². The number of amides is 1. The third-order valence-corrected chi connectivity index (χ3v) is 9.56. The Bertz CT molecular complexity index is 1730. The Balaban J connectivity index is 1.25. The van der Waals surface area contributed by atoms with E-state index >= 15 is 0 Å². The van der Waals surface area contributed by atoms with Crippen molar-refractivity contribution in [2.24, 2.45) is 0 Å². The number of aliphatic hydroxyl groups is 1. The van der Waals surface area contributed by atoms with E-state index in [4.69, 9.17) is 32.9 Å². The molecule has 2 unspecified atom stereocenters. The molecule has 1 aliphatic heterocycles.